The Labute approximate surface area is 143 Å². The Kier molecular flexibility index (Phi) is 4.96. The van der Waals surface area contributed by atoms with E-state index in [-0.39, 0.29) is 30.8 Å². The number of carbonyl (C=O) groups excluding carboxylic acids is 2. The molecule has 2 heterocycles. The molecule has 24 heavy (non-hydrogen) atoms. The van der Waals surface area contributed by atoms with E-state index in [1.54, 1.807) is 0 Å². The van der Waals surface area contributed by atoms with Crippen molar-refractivity contribution in [3.63, 3.8) is 0 Å². The minimum absolute atomic E-state index is 0.122. The molecule has 0 bridgehead atoms. The van der Waals surface area contributed by atoms with Crippen molar-refractivity contribution in [1.82, 2.24) is 10.3 Å². The van der Waals surface area contributed by atoms with Crippen LogP contribution in [0.4, 0.5) is 0 Å². The van der Waals surface area contributed by atoms with Crippen molar-refractivity contribution < 1.29 is 14.3 Å². The zero-order valence-electron chi connectivity index (χ0n) is 13.2. The Morgan fingerprint density at radius 3 is 2.83 bits per heavy atom. The van der Waals surface area contributed by atoms with Crippen molar-refractivity contribution in [2.24, 2.45) is 0 Å². The first-order chi connectivity index (χ1) is 11.7. The number of methoxy groups -OCH3 is 1. The molecule has 6 heteroatoms. The van der Waals surface area contributed by atoms with Crippen LogP contribution in [0, 0.1) is 0 Å². The van der Waals surface area contributed by atoms with Crippen molar-refractivity contribution >= 4 is 34.1 Å². The largest absolute Gasteiger partial charge is 0.469 e. The van der Waals surface area contributed by atoms with E-state index >= 15 is 0 Å². The molecule has 2 N–H and O–H groups in total. The summed E-state index contributed by atoms with van der Waals surface area (Å²) in [6.45, 7) is 0. The average molecular weight is 342 g/mol. The summed E-state index contributed by atoms with van der Waals surface area (Å²) >= 11 is 1.51. The number of carbonyl (C=O) groups is 2. The van der Waals surface area contributed by atoms with E-state index in [9.17, 15) is 9.59 Å². The van der Waals surface area contributed by atoms with Crippen molar-refractivity contribution in [3.8, 4) is 0 Å². The van der Waals surface area contributed by atoms with E-state index in [1.165, 1.54) is 18.4 Å². The molecule has 0 saturated heterocycles. The van der Waals surface area contributed by atoms with Crippen molar-refractivity contribution in [3.05, 3.63) is 58.4 Å². The molecule has 0 aliphatic heterocycles. The van der Waals surface area contributed by atoms with Gasteiger partial charge in [-0.15, -0.1) is 11.3 Å². The summed E-state index contributed by atoms with van der Waals surface area (Å²) < 4.78 is 4.73. The fourth-order valence-electron chi connectivity index (χ4n) is 2.66. The lowest BCUT2D eigenvalue weighted by Gasteiger charge is -2.16. The van der Waals surface area contributed by atoms with Crippen LogP contribution >= 0.6 is 11.3 Å². The van der Waals surface area contributed by atoms with Crippen LogP contribution < -0.4 is 5.32 Å². The highest BCUT2D eigenvalue weighted by Gasteiger charge is 2.20. The number of rotatable bonds is 6. The molecule has 0 radical (unpaired) electrons. The van der Waals surface area contributed by atoms with Crippen LogP contribution in [0.2, 0.25) is 0 Å². The summed E-state index contributed by atoms with van der Waals surface area (Å²) in [6, 6.07) is 11.3. The summed E-state index contributed by atoms with van der Waals surface area (Å²) in [5.41, 5.74) is 1.94. The number of hydrogen-bond acceptors (Lipinski definition) is 4. The Morgan fingerprint density at radius 2 is 2.08 bits per heavy atom. The van der Waals surface area contributed by atoms with E-state index in [2.05, 4.69) is 10.3 Å². The first kappa shape index (κ1) is 16.3. The van der Waals surface area contributed by atoms with Crippen LogP contribution in [-0.2, 0) is 20.7 Å². The maximum atomic E-state index is 12.5. The van der Waals surface area contributed by atoms with E-state index < -0.39 is 0 Å². The predicted molar refractivity (Wildman–Crippen MR) is 93.8 cm³/mol. The second-order valence-electron chi connectivity index (χ2n) is 5.45. The quantitative estimate of drug-likeness (QED) is 0.676. The zero-order chi connectivity index (χ0) is 16.9. The topological polar surface area (TPSA) is 71.2 Å². The normalized spacial score (nSPS) is 12.0. The Bertz CT molecular complexity index is 839. The van der Waals surface area contributed by atoms with Crippen LogP contribution in [-0.4, -0.2) is 24.0 Å². The van der Waals surface area contributed by atoms with Gasteiger partial charge in [-0.1, -0.05) is 24.3 Å². The number of thiophene rings is 1. The highest BCUT2D eigenvalue weighted by molar-refractivity contribution is 7.10. The van der Waals surface area contributed by atoms with Gasteiger partial charge in [0.25, 0.3) is 0 Å². The number of hydrogen-bond donors (Lipinski definition) is 2. The van der Waals surface area contributed by atoms with Gasteiger partial charge in [0, 0.05) is 22.0 Å². The standard InChI is InChI=1S/C18H18N2O3S/c1-23-18(22)10-15(16-7-4-8-24-16)20-17(21)9-12-11-19-14-6-3-2-5-13(12)14/h2-8,11,15,19H,9-10H2,1H3,(H,20,21). The number of H-pyrrole nitrogens is 1. The third kappa shape index (κ3) is 3.65. The maximum absolute atomic E-state index is 12.5. The lowest BCUT2D eigenvalue weighted by Crippen LogP contribution is -2.31. The predicted octanol–water partition coefficient (Wildman–Crippen LogP) is 3.19. The third-order valence-corrected chi connectivity index (χ3v) is 4.83. The Balaban J connectivity index is 1.72. The van der Waals surface area contributed by atoms with Gasteiger partial charge in [0.15, 0.2) is 0 Å². The summed E-state index contributed by atoms with van der Waals surface area (Å²) in [6.07, 6.45) is 2.23. The van der Waals surface area contributed by atoms with Gasteiger partial charge < -0.3 is 15.0 Å². The minimum Gasteiger partial charge on any atom is -0.469 e. The van der Waals surface area contributed by atoms with Gasteiger partial charge in [-0.3, -0.25) is 9.59 Å². The van der Waals surface area contributed by atoms with Crippen LogP contribution in [0.3, 0.4) is 0 Å². The molecule has 3 rings (SSSR count). The molecule has 5 nitrogen and oxygen atoms in total. The van der Waals surface area contributed by atoms with Gasteiger partial charge in [-0.05, 0) is 23.1 Å². The first-order valence-corrected chi connectivity index (χ1v) is 8.50. The van der Waals surface area contributed by atoms with Crippen molar-refractivity contribution in [2.45, 2.75) is 18.9 Å². The smallest absolute Gasteiger partial charge is 0.307 e. The molecule has 0 spiro atoms. The van der Waals surface area contributed by atoms with Gasteiger partial charge in [0.2, 0.25) is 5.91 Å². The Morgan fingerprint density at radius 1 is 1.25 bits per heavy atom. The number of para-hydroxylation sites is 1. The van der Waals surface area contributed by atoms with Gasteiger partial charge >= 0.3 is 5.97 Å². The second kappa shape index (κ2) is 7.31. The van der Waals surface area contributed by atoms with Crippen LogP contribution in [0.1, 0.15) is 22.9 Å². The first-order valence-electron chi connectivity index (χ1n) is 7.62. The monoisotopic (exact) mass is 342 g/mol. The Hall–Kier alpha value is -2.60. The van der Waals surface area contributed by atoms with Crippen LogP contribution in [0.15, 0.2) is 48.0 Å². The number of benzene rings is 1. The summed E-state index contributed by atoms with van der Waals surface area (Å²) in [4.78, 5) is 28.2. The number of aromatic amines is 1. The molecule has 1 amide bonds. The number of amides is 1. The van der Waals surface area contributed by atoms with Gasteiger partial charge in [-0.25, -0.2) is 0 Å². The van der Waals surface area contributed by atoms with Crippen LogP contribution in [0.5, 0.6) is 0 Å². The molecule has 0 aliphatic carbocycles. The molecular weight excluding hydrogens is 324 g/mol. The summed E-state index contributed by atoms with van der Waals surface area (Å²) in [7, 11) is 1.35. The van der Waals surface area contributed by atoms with E-state index in [1.807, 2.05) is 48.0 Å². The molecule has 1 aromatic carbocycles. The van der Waals surface area contributed by atoms with Gasteiger partial charge in [0.1, 0.15) is 0 Å². The summed E-state index contributed by atoms with van der Waals surface area (Å²) in [5, 5.41) is 5.90. The van der Waals surface area contributed by atoms with E-state index in [4.69, 9.17) is 4.74 Å². The van der Waals surface area contributed by atoms with Gasteiger partial charge in [0.05, 0.1) is 26.0 Å². The zero-order valence-corrected chi connectivity index (χ0v) is 14.1. The molecule has 1 atom stereocenters. The average Bonchev–Trinajstić information content (AvgIpc) is 3.24. The highest BCUT2D eigenvalue weighted by atomic mass is 32.1. The molecule has 1 unspecified atom stereocenters. The van der Waals surface area contributed by atoms with E-state index in [0.29, 0.717) is 0 Å². The molecule has 0 aliphatic rings. The lowest BCUT2D eigenvalue weighted by atomic mass is 10.1. The SMILES string of the molecule is COC(=O)CC(NC(=O)Cc1c[nH]c2ccccc12)c1cccs1. The fraction of sp³-hybridized carbons (Fsp3) is 0.222. The lowest BCUT2D eigenvalue weighted by molar-refractivity contribution is -0.141. The second-order valence-corrected chi connectivity index (χ2v) is 6.43. The number of aromatic nitrogens is 1. The molecule has 0 saturated carbocycles. The van der Waals surface area contributed by atoms with E-state index in [0.717, 1.165) is 21.3 Å². The highest BCUT2D eigenvalue weighted by Crippen LogP contribution is 2.23. The molecule has 2 aromatic heterocycles. The van der Waals surface area contributed by atoms with Crippen molar-refractivity contribution in [2.75, 3.05) is 7.11 Å². The number of fused-ring (bicyclic) bond motifs is 1. The molecule has 0 fully saturated rings. The fourth-order valence-corrected chi connectivity index (χ4v) is 3.44. The molecule has 3 aromatic rings. The maximum Gasteiger partial charge on any atom is 0.307 e. The number of nitrogens with one attached hydrogen (secondary N) is 2. The van der Waals surface area contributed by atoms with Crippen LogP contribution in [0.25, 0.3) is 10.9 Å². The minimum atomic E-state index is -0.366. The van der Waals surface area contributed by atoms with Crippen molar-refractivity contribution in [1.29, 1.82) is 0 Å². The third-order valence-electron chi connectivity index (χ3n) is 3.85. The summed E-state index contributed by atoms with van der Waals surface area (Å²) in [5.74, 6) is -0.470. The van der Waals surface area contributed by atoms with Gasteiger partial charge in [-0.2, -0.15) is 0 Å². The number of esters is 1. The molecule has 124 valence electrons. The molecular formula is C18H18N2O3S. The number of ether oxygens (including phenoxy) is 1.